The second-order valence-electron chi connectivity index (χ2n) is 6.75. The van der Waals surface area contributed by atoms with Gasteiger partial charge in [0, 0.05) is 11.9 Å². The van der Waals surface area contributed by atoms with Crippen molar-refractivity contribution >= 4 is 26.5 Å². The number of aryl methyl sites for hydroxylation is 1. The fourth-order valence-corrected chi connectivity index (χ4v) is 4.85. The SMILES string of the molecule is C=CCCN(c1c(CC=C)ccc2ccccc12)S(=O)(=O)c1ccc(C)cc1. The van der Waals surface area contributed by atoms with Crippen molar-refractivity contribution < 1.29 is 8.42 Å². The molecule has 4 heteroatoms. The molecule has 0 aliphatic heterocycles. The maximum atomic E-state index is 13.6. The van der Waals surface area contributed by atoms with E-state index in [1.54, 1.807) is 24.3 Å². The molecule has 0 unspecified atom stereocenters. The number of allylic oxidation sites excluding steroid dienone is 1. The maximum absolute atomic E-state index is 13.6. The van der Waals surface area contributed by atoms with Gasteiger partial charge in [-0.15, -0.1) is 13.2 Å². The molecule has 0 amide bonds. The molecule has 0 spiro atoms. The van der Waals surface area contributed by atoms with E-state index >= 15 is 0 Å². The highest BCUT2D eigenvalue weighted by Gasteiger charge is 2.27. The number of nitrogens with zero attached hydrogens (tertiary/aromatic N) is 1. The highest BCUT2D eigenvalue weighted by atomic mass is 32.2. The average molecular weight is 392 g/mol. The molecule has 0 heterocycles. The smallest absolute Gasteiger partial charge is 0.264 e. The number of hydrogen-bond acceptors (Lipinski definition) is 2. The lowest BCUT2D eigenvalue weighted by atomic mass is 10.0. The van der Waals surface area contributed by atoms with E-state index in [4.69, 9.17) is 0 Å². The molecule has 0 aliphatic carbocycles. The standard InChI is InChI=1S/C24H25NO2S/c1-4-6-18-25(28(26,27)22-16-12-19(3)13-17-22)24-21(9-5-2)15-14-20-10-7-8-11-23(20)24/h4-5,7-8,10-17H,1-2,6,9,18H2,3H3. The number of sulfonamides is 1. The van der Waals surface area contributed by atoms with E-state index in [-0.39, 0.29) is 0 Å². The molecule has 0 saturated carbocycles. The van der Waals surface area contributed by atoms with Gasteiger partial charge in [-0.1, -0.05) is 66.2 Å². The van der Waals surface area contributed by atoms with E-state index in [0.29, 0.717) is 24.3 Å². The number of anilines is 1. The summed E-state index contributed by atoms with van der Waals surface area (Å²) >= 11 is 0. The van der Waals surface area contributed by atoms with Gasteiger partial charge < -0.3 is 0 Å². The summed E-state index contributed by atoms with van der Waals surface area (Å²) in [5, 5.41) is 1.93. The number of fused-ring (bicyclic) bond motifs is 1. The van der Waals surface area contributed by atoms with Gasteiger partial charge in [-0.3, -0.25) is 4.31 Å². The van der Waals surface area contributed by atoms with Crippen LogP contribution in [-0.4, -0.2) is 15.0 Å². The monoisotopic (exact) mass is 391 g/mol. The van der Waals surface area contributed by atoms with E-state index in [2.05, 4.69) is 13.2 Å². The third kappa shape index (κ3) is 3.87. The first-order valence-electron chi connectivity index (χ1n) is 9.31. The normalized spacial score (nSPS) is 11.3. The molecule has 0 aliphatic rings. The Morgan fingerprint density at radius 3 is 2.32 bits per heavy atom. The van der Waals surface area contributed by atoms with Crippen molar-refractivity contribution in [3.8, 4) is 0 Å². The fourth-order valence-electron chi connectivity index (χ4n) is 3.31. The Morgan fingerprint density at radius 2 is 1.64 bits per heavy atom. The fraction of sp³-hybridized carbons (Fsp3) is 0.167. The molecule has 144 valence electrons. The molecule has 0 N–H and O–H groups in total. The summed E-state index contributed by atoms with van der Waals surface area (Å²) in [6.45, 7) is 9.90. The Balaban J connectivity index is 2.27. The average Bonchev–Trinajstić information content (AvgIpc) is 2.69. The van der Waals surface area contributed by atoms with E-state index in [0.717, 1.165) is 27.6 Å². The van der Waals surface area contributed by atoms with E-state index in [9.17, 15) is 8.42 Å². The van der Waals surface area contributed by atoms with Gasteiger partial charge in [0.15, 0.2) is 0 Å². The predicted octanol–water partition coefficient (Wildman–Crippen LogP) is 5.65. The van der Waals surface area contributed by atoms with Crippen LogP contribution in [0.25, 0.3) is 10.8 Å². The van der Waals surface area contributed by atoms with Gasteiger partial charge in [0.25, 0.3) is 10.0 Å². The molecular weight excluding hydrogens is 366 g/mol. The van der Waals surface area contributed by atoms with Crippen molar-refractivity contribution in [3.05, 3.63) is 97.1 Å². The summed E-state index contributed by atoms with van der Waals surface area (Å²) in [5.74, 6) is 0. The van der Waals surface area contributed by atoms with Gasteiger partial charge >= 0.3 is 0 Å². The lowest BCUT2D eigenvalue weighted by Crippen LogP contribution is -2.33. The number of rotatable bonds is 8. The Hall–Kier alpha value is -2.85. The van der Waals surface area contributed by atoms with Crippen molar-refractivity contribution in [1.29, 1.82) is 0 Å². The maximum Gasteiger partial charge on any atom is 0.264 e. The molecule has 0 bridgehead atoms. The highest BCUT2D eigenvalue weighted by molar-refractivity contribution is 7.92. The summed E-state index contributed by atoms with van der Waals surface area (Å²) in [4.78, 5) is 0.291. The first kappa shape index (κ1) is 19.9. The van der Waals surface area contributed by atoms with Crippen LogP contribution in [0.2, 0.25) is 0 Å². The van der Waals surface area contributed by atoms with Crippen LogP contribution in [0.4, 0.5) is 5.69 Å². The first-order valence-corrected chi connectivity index (χ1v) is 10.7. The lowest BCUT2D eigenvalue weighted by molar-refractivity contribution is 0.591. The van der Waals surface area contributed by atoms with E-state index in [1.807, 2.05) is 55.5 Å². The highest BCUT2D eigenvalue weighted by Crippen LogP contribution is 2.35. The van der Waals surface area contributed by atoms with E-state index < -0.39 is 10.0 Å². The minimum Gasteiger partial charge on any atom is -0.265 e. The van der Waals surface area contributed by atoms with Crippen LogP contribution >= 0.6 is 0 Å². The minimum absolute atomic E-state index is 0.291. The summed E-state index contributed by atoms with van der Waals surface area (Å²) in [5.41, 5.74) is 2.68. The van der Waals surface area contributed by atoms with Crippen LogP contribution in [0.1, 0.15) is 17.5 Å². The van der Waals surface area contributed by atoms with Crippen LogP contribution in [0.15, 0.2) is 90.9 Å². The Morgan fingerprint density at radius 1 is 0.929 bits per heavy atom. The van der Waals surface area contributed by atoms with Gasteiger partial charge in [0.1, 0.15) is 0 Å². The lowest BCUT2D eigenvalue weighted by Gasteiger charge is -2.28. The molecule has 3 aromatic rings. The third-order valence-corrected chi connectivity index (χ3v) is 6.56. The predicted molar refractivity (Wildman–Crippen MR) is 118 cm³/mol. The molecule has 3 nitrogen and oxygen atoms in total. The summed E-state index contributed by atoms with van der Waals surface area (Å²) in [6, 6.07) is 18.9. The molecule has 3 aromatic carbocycles. The van der Waals surface area contributed by atoms with Crippen LogP contribution in [0.3, 0.4) is 0 Å². The van der Waals surface area contributed by atoms with Crippen molar-refractivity contribution in [1.82, 2.24) is 0 Å². The second kappa shape index (κ2) is 8.44. The number of benzene rings is 3. The van der Waals surface area contributed by atoms with Gasteiger partial charge in [-0.25, -0.2) is 8.42 Å². The van der Waals surface area contributed by atoms with Crippen molar-refractivity contribution in [2.45, 2.75) is 24.7 Å². The van der Waals surface area contributed by atoms with Crippen LogP contribution in [-0.2, 0) is 16.4 Å². The Labute approximate surface area is 167 Å². The molecule has 0 aromatic heterocycles. The zero-order valence-corrected chi connectivity index (χ0v) is 17.0. The largest absolute Gasteiger partial charge is 0.265 e. The third-order valence-electron chi connectivity index (χ3n) is 4.74. The zero-order chi connectivity index (χ0) is 20.1. The van der Waals surface area contributed by atoms with E-state index in [1.165, 1.54) is 4.31 Å². The number of hydrogen-bond donors (Lipinski definition) is 0. The molecule has 0 radical (unpaired) electrons. The first-order chi connectivity index (χ1) is 13.5. The van der Waals surface area contributed by atoms with Gasteiger partial charge in [-0.05, 0) is 42.8 Å². The summed E-state index contributed by atoms with van der Waals surface area (Å²) in [6.07, 6.45) is 4.70. The summed E-state index contributed by atoms with van der Waals surface area (Å²) in [7, 11) is -3.72. The minimum atomic E-state index is -3.72. The summed E-state index contributed by atoms with van der Waals surface area (Å²) < 4.78 is 28.8. The zero-order valence-electron chi connectivity index (χ0n) is 16.1. The van der Waals surface area contributed by atoms with Gasteiger partial charge in [0.05, 0.1) is 10.6 Å². The Kier molecular flexibility index (Phi) is 6.00. The quantitative estimate of drug-likeness (QED) is 0.465. The molecule has 3 rings (SSSR count). The molecule has 28 heavy (non-hydrogen) atoms. The van der Waals surface area contributed by atoms with Gasteiger partial charge in [0.2, 0.25) is 0 Å². The van der Waals surface area contributed by atoms with Gasteiger partial charge in [-0.2, -0.15) is 0 Å². The topological polar surface area (TPSA) is 37.4 Å². The van der Waals surface area contributed by atoms with Crippen LogP contribution in [0, 0.1) is 6.92 Å². The molecule has 0 saturated heterocycles. The molecule has 0 atom stereocenters. The van der Waals surface area contributed by atoms with Crippen molar-refractivity contribution in [3.63, 3.8) is 0 Å². The van der Waals surface area contributed by atoms with Crippen LogP contribution in [0.5, 0.6) is 0 Å². The van der Waals surface area contributed by atoms with Crippen molar-refractivity contribution in [2.24, 2.45) is 0 Å². The molecule has 0 fully saturated rings. The van der Waals surface area contributed by atoms with Crippen molar-refractivity contribution in [2.75, 3.05) is 10.8 Å². The second-order valence-corrected chi connectivity index (χ2v) is 8.62. The molecular formula is C24H25NO2S. The van der Waals surface area contributed by atoms with Crippen LogP contribution < -0.4 is 4.31 Å². The Bertz CT molecular complexity index is 1100.